The molecular weight excluding hydrogens is 947 g/mol. The third-order valence-electron chi connectivity index (χ3n) is 16.5. The van der Waals surface area contributed by atoms with Crippen LogP contribution < -0.4 is 5.32 Å². The van der Waals surface area contributed by atoms with Gasteiger partial charge in [-0.2, -0.15) is 0 Å². The van der Waals surface area contributed by atoms with Gasteiger partial charge >= 0.3 is 5.97 Å². The molecule has 456 valence electrons. The number of unbranched alkanes of at least 4 members (excludes halogenated alkanes) is 51. The predicted molar refractivity (Wildman–Crippen MR) is 338 cm³/mol. The van der Waals surface area contributed by atoms with Crippen LogP contribution in [-0.2, 0) is 14.3 Å². The number of ether oxygens (including phenoxy) is 1. The van der Waals surface area contributed by atoms with E-state index in [1.54, 1.807) is 0 Å². The first-order chi connectivity index (χ1) is 38.0. The molecule has 0 aliphatic carbocycles. The Morgan fingerprint density at radius 2 is 0.675 bits per heavy atom. The van der Waals surface area contributed by atoms with Gasteiger partial charge in [-0.05, 0) is 51.4 Å². The third kappa shape index (κ3) is 63.4. The van der Waals surface area contributed by atoms with E-state index in [2.05, 4.69) is 43.5 Å². The lowest BCUT2D eigenvalue weighted by atomic mass is 10.0. The molecule has 6 nitrogen and oxygen atoms in total. The largest absolute Gasteiger partial charge is 0.466 e. The van der Waals surface area contributed by atoms with Crippen molar-refractivity contribution in [1.29, 1.82) is 0 Å². The summed E-state index contributed by atoms with van der Waals surface area (Å²) in [5.41, 5.74) is 0. The first kappa shape index (κ1) is 75.3. The zero-order chi connectivity index (χ0) is 55.7. The number of carbonyl (C=O) groups excluding carboxylic acids is 2. The van der Waals surface area contributed by atoms with Gasteiger partial charge in [0.1, 0.15) is 0 Å². The second-order valence-corrected chi connectivity index (χ2v) is 24.2. The van der Waals surface area contributed by atoms with Crippen LogP contribution in [0.1, 0.15) is 393 Å². The molecule has 0 saturated carbocycles. The molecule has 0 aromatic rings. The van der Waals surface area contributed by atoms with E-state index >= 15 is 0 Å². The van der Waals surface area contributed by atoms with Gasteiger partial charge in [-0.15, -0.1) is 0 Å². The number of amides is 1. The van der Waals surface area contributed by atoms with Gasteiger partial charge in [0.05, 0.1) is 25.4 Å². The molecule has 0 aromatic carbocycles. The normalized spacial score (nSPS) is 12.6. The topological polar surface area (TPSA) is 95.9 Å². The van der Waals surface area contributed by atoms with Crippen LogP contribution in [0.25, 0.3) is 0 Å². The van der Waals surface area contributed by atoms with Gasteiger partial charge in [0.2, 0.25) is 5.91 Å². The van der Waals surface area contributed by atoms with Crippen molar-refractivity contribution in [3.05, 3.63) is 24.3 Å². The van der Waals surface area contributed by atoms with Crippen LogP contribution in [0.2, 0.25) is 0 Å². The third-order valence-corrected chi connectivity index (χ3v) is 16.5. The number of nitrogens with one attached hydrogen (secondary N) is 1. The number of carbonyl (C=O) groups is 2. The van der Waals surface area contributed by atoms with E-state index < -0.39 is 12.1 Å². The average Bonchev–Trinajstić information content (AvgIpc) is 3.43. The highest BCUT2D eigenvalue weighted by atomic mass is 16.5. The highest BCUT2D eigenvalue weighted by Crippen LogP contribution is 2.19. The van der Waals surface area contributed by atoms with Crippen LogP contribution in [-0.4, -0.2) is 47.4 Å². The standard InChI is InChI=1S/C71H137NO5/c1-3-5-7-9-11-13-15-17-18-19-33-36-40-43-47-51-55-59-63-69(74)68(67-73)72-70(75)64-60-56-52-48-44-41-37-34-31-29-27-25-23-21-20-22-24-26-28-30-32-35-38-42-46-50-54-58-62-66-77-71(76)65-61-57-53-49-45-39-16-14-12-10-8-6-4-2/h8,10,14,16,68-69,73-74H,3-7,9,11-13,15,17-67H2,1-2H3,(H,72,75)/b10-8-,16-14-. The van der Waals surface area contributed by atoms with Crippen LogP contribution in [0.3, 0.4) is 0 Å². The molecule has 1 amide bonds. The summed E-state index contributed by atoms with van der Waals surface area (Å²) < 4.78 is 5.48. The molecule has 0 aliphatic heterocycles. The van der Waals surface area contributed by atoms with Crippen molar-refractivity contribution in [2.45, 2.75) is 405 Å². The van der Waals surface area contributed by atoms with E-state index in [9.17, 15) is 19.8 Å². The van der Waals surface area contributed by atoms with Gasteiger partial charge in [-0.3, -0.25) is 9.59 Å². The zero-order valence-corrected chi connectivity index (χ0v) is 52.2. The van der Waals surface area contributed by atoms with Gasteiger partial charge in [0, 0.05) is 12.8 Å². The highest BCUT2D eigenvalue weighted by molar-refractivity contribution is 5.76. The first-order valence-corrected chi connectivity index (χ1v) is 35.1. The number of esters is 1. The SMILES string of the molecule is CCC/C=C\C/C=C\CCCCCCCC(=O)OCCCCCCCCCCCCCCCCCCCCCCCCCCCCCCCC(=O)NC(CO)C(O)CCCCCCCCCCCCCCCCCCCC. The molecule has 2 unspecified atom stereocenters. The average molecular weight is 1080 g/mol. The second kappa shape index (κ2) is 66.8. The molecule has 0 fully saturated rings. The molecule has 77 heavy (non-hydrogen) atoms. The molecule has 0 heterocycles. The number of aliphatic hydroxyl groups excluding tert-OH is 2. The molecule has 0 radical (unpaired) electrons. The zero-order valence-electron chi connectivity index (χ0n) is 52.2. The molecule has 0 aromatic heterocycles. The number of aliphatic hydroxyl groups is 2. The monoisotopic (exact) mass is 1080 g/mol. The molecule has 0 saturated heterocycles. The maximum atomic E-state index is 12.5. The van der Waals surface area contributed by atoms with Crippen molar-refractivity contribution in [2.75, 3.05) is 13.2 Å². The maximum absolute atomic E-state index is 12.5. The number of rotatable bonds is 66. The van der Waals surface area contributed by atoms with Crippen LogP contribution in [0.15, 0.2) is 24.3 Å². The maximum Gasteiger partial charge on any atom is 0.305 e. The van der Waals surface area contributed by atoms with E-state index in [0.717, 1.165) is 51.4 Å². The summed E-state index contributed by atoms with van der Waals surface area (Å²) in [6, 6.07) is -0.539. The van der Waals surface area contributed by atoms with Gasteiger partial charge in [-0.1, -0.05) is 353 Å². The summed E-state index contributed by atoms with van der Waals surface area (Å²) in [6.45, 7) is 4.92. The van der Waals surface area contributed by atoms with Crippen molar-refractivity contribution < 1.29 is 24.5 Å². The molecule has 0 bridgehead atoms. The number of hydrogen-bond donors (Lipinski definition) is 3. The molecule has 3 N–H and O–H groups in total. The molecule has 6 heteroatoms. The van der Waals surface area contributed by atoms with Crippen LogP contribution >= 0.6 is 0 Å². The quantitative estimate of drug-likeness (QED) is 0.0320. The van der Waals surface area contributed by atoms with Gasteiger partial charge in [-0.25, -0.2) is 0 Å². The Balaban J connectivity index is 3.34. The van der Waals surface area contributed by atoms with E-state index in [1.165, 1.54) is 308 Å². The molecular formula is C71H137NO5. The fraction of sp³-hybridized carbons (Fsp3) is 0.915. The number of hydrogen-bond acceptors (Lipinski definition) is 5. The Morgan fingerprint density at radius 3 is 1.04 bits per heavy atom. The molecule has 2 atom stereocenters. The lowest BCUT2D eigenvalue weighted by Gasteiger charge is -2.22. The minimum Gasteiger partial charge on any atom is -0.466 e. The van der Waals surface area contributed by atoms with Crippen molar-refractivity contribution in [1.82, 2.24) is 5.32 Å². The van der Waals surface area contributed by atoms with Crippen molar-refractivity contribution in [3.63, 3.8) is 0 Å². The molecule has 0 rings (SSSR count). The summed E-state index contributed by atoms with van der Waals surface area (Å²) >= 11 is 0. The predicted octanol–water partition coefficient (Wildman–Crippen LogP) is 22.5. The van der Waals surface area contributed by atoms with E-state index in [4.69, 9.17) is 4.74 Å². The van der Waals surface area contributed by atoms with Crippen LogP contribution in [0, 0.1) is 0 Å². The fourth-order valence-electron chi connectivity index (χ4n) is 11.2. The highest BCUT2D eigenvalue weighted by Gasteiger charge is 2.20. The molecule has 0 spiro atoms. The minimum atomic E-state index is -0.662. The minimum absolute atomic E-state index is 0.00466. The first-order valence-electron chi connectivity index (χ1n) is 35.1. The summed E-state index contributed by atoms with van der Waals surface area (Å²) in [4.78, 5) is 24.6. The molecule has 0 aliphatic rings. The van der Waals surface area contributed by atoms with E-state index in [1.807, 2.05) is 0 Å². The summed E-state index contributed by atoms with van der Waals surface area (Å²) in [6.07, 6.45) is 83.7. The van der Waals surface area contributed by atoms with Gasteiger partial charge in [0.25, 0.3) is 0 Å². The lowest BCUT2D eigenvalue weighted by molar-refractivity contribution is -0.143. The van der Waals surface area contributed by atoms with Crippen molar-refractivity contribution in [3.8, 4) is 0 Å². The Bertz CT molecular complexity index is 1200. The summed E-state index contributed by atoms with van der Waals surface area (Å²) in [5, 5.41) is 23.4. The van der Waals surface area contributed by atoms with Crippen LogP contribution in [0.5, 0.6) is 0 Å². The fourth-order valence-corrected chi connectivity index (χ4v) is 11.2. The summed E-state index contributed by atoms with van der Waals surface area (Å²) in [7, 11) is 0. The Morgan fingerprint density at radius 1 is 0.364 bits per heavy atom. The van der Waals surface area contributed by atoms with Crippen LogP contribution in [0.4, 0.5) is 0 Å². The lowest BCUT2D eigenvalue weighted by Crippen LogP contribution is -2.45. The summed E-state index contributed by atoms with van der Waals surface area (Å²) in [5.74, 6) is -0.0230. The van der Waals surface area contributed by atoms with Gasteiger partial charge in [0.15, 0.2) is 0 Å². The van der Waals surface area contributed by atoms with E-state index in [0.29, 0.717) is 25.9 Å². The smallest absolute Gasteiger partial charge is 0.305 e. The Labute approximate surface area is 481 Å². The van der Waals surface area contributed by atoms with Crippen molar-refractivity contribution >= 4 is 11.9 Å². The van der Waals surface area contributed by atoms with Gasteiger partial charge < -0.3 is 20.3 Å². The number of allylic oxidation sites excluding steroid dienone is 4. The van der Waals surface area contributed by atoms with E-state index in [-0.39, 0.29) is 18.5 Å². The Hall–Kier alpha value is -1.66. The van der Waals surface area contributed by atoms with Crippen molar-refractivity contribution in [2.24, 2.45) is 0 Å². The Kier molecular flexibility index (Phi) is 65.4. The second-order valence-electron chi connectivity index (χ2n) is 24.2.